The van der Waals surface area contributed by atoms with E-state index in [9.17, 15) is 18.0 Å². The number of nitrogens with zero attached hydrogens (tertiary/aromatic N) is 2. The Kier molecular flexibility index (Phi) is 6.22. The fourth-order valence-corrected chi connectivity index (χ4v) is 5.70. The number of carbonyl (C=O) groups excluding carboxylic acids is 2. The monoisotopic (exact) mass is 533 g/mol. The molecule has 10 heteroatoms. The van der Waals surface area contributed by atoms with Crippen molar-refractivity contribution in [2.75, 3.05) is 26.0 Å². The Bertz CT molecular complexity index is 1270. The molecule has 1 N–H and O–H groups in total. The third-order valence-corrected chi connectivity index (χ3v) is 8.41. The lowest BCUT2D eigenvalue weighted by Crippen LogP contribution is -2.38. The molecule has 2 heterocycles. The minimum absolute atomic E-state index is 0.0942. The van der Waals surface area contributed by atoms with Gasteiger partial charge in [-0.15, -0.1) is 11.3 Å². The Hall–Kier alpha value is -2.53. The van der Waals surface area contributed by atoms with Gasteiger partial charge in [-0.3, -0.25) is 9.59 Å². The predicted molar refractivity (Wildman–Crippen MR) is 127 cm³/mol. The summed E-state index contributed by atoms with van der Waals surface area (Å²) in [4.78, 5) is 28.8. The van der Waals surface area contributed by atoms with Gasteiger partial charge >= 0.3 is 0 Å². The van der Waals surface area contributed by atoms with Gasteiger partial charge in [-0.25, -0.2) is 12.7 Å². The van der Waals surface area contributed by atoms with Crippen molar-refractivity contribution in [1.29, 1.82) is 0 Å². The molecule has 32 heavy (non-hydrogen) atoms. The molecule has 0 aliphatic carbocycles. The van der Waals surface area contributed by atoms with E-state index < -0.39 is 16.1 Å². The SMILES string of the molecule is CN(C)S(=O)(=O)c1ccc(C(=O)N2CC(=O)Nc3ccc(Br)cc3C2c2cccs2)cc1. The smallest absolute Gasteiger partial charge is 0.255 e. The molecule has 0 saturated heterocycles. The highest BCUT2D eigenvalue weighted by molar-refractivity contribution is 9.10. The Morgan fingerprint density at radius 1 is 1.16 bits per heavy atom. The van der Waals surface area contributed by atoms with Crippen LogP contribution in [0.1, 0.15) is 26.8 Å². The summed E-state index contributed by atoms with van der Waals surface area (Å²) in [5.74, 6) is -0.659. The van der Waals surface area contributed by atoms with Crippen molar-refractivity contribution in [3.05, 3.63) is 80.5 Å². The molecule has 2 amide bonds. The van der Waals surface area contributed by atoms with Gasteiger partial charge in [0.25, 0.3) is 5.91 Å². The molecular weight excluding hydrogens is 514 g/mol. The van der Waals surface area contributed by atoms with Crippen molar-refractivity contribution in [3.63, 3.8) is 0 Å². The molecule has 0 fully saturated rings. The number of thiophene rings is 1. The topological polar surface area (TPSA) is 86.8 Å². The quantitative estimate of drug-likeness (QED) is 0.550. The van der Waals surface area contributed by atoms with E-state index in [4.69, 9.17) is 0 Å². The second-order valence-electron chi connectivity index (χ2n) is 7.44. The highest BCUT2D eigenvalue weighted by atomic mass is 79.9. The first kappa shape index (κ1) is 22.7. The summed E-state index contributed by atoms with van der Waals surface area (Å²) in [7, 11) is -0.709. The van der Waals surface area contributed by atoms with Gasteiger partial charge < -0.3 is 10.2 Å². The number of fused-ring (bicyclic) bond motifs is 1. The fourth-order valence-electron chi connectivity index (χ4n) is 3.57. The molecule has 4 rings (SSSR count). The largest absolute Gasteiger partial charge is 0.324 e. The summed E-state index contributed by atoms with van der Waals surface area (Å²) in [5, 5.41) is 4.81. The summed E-state index contributed by atoms with van der Waals surface area (Å²) in [6.07, 6.45) is 0. The molecule has 1 atom stereocenters. The van der Waals surface area contributed by atoms with Crippen LogP contribution in [0.3, 0.4) is 0 Å². The number of nitrogens with one attached hydrogen (secondary N) is 1. The van der Waals surface area contributed by atoms with Gasteiger partial charge in [-0.2, -0.15) is 0 Å². The van der Waals surface area contributed by atoms with Crippen molar-refractivity contribution >= 4 is 54.8 Å². The van der Waals surface area contributed by atoms with Gasteiger partial charge in [0.05, 0.1) is 10.9 Å². The number of sulfonamides is 1. The number of amides is 2. The van der Waals surface area contributed by atoms with Crippen LogP contribution in [0.5, 0.6) is 0 Å². The highest BCUT2D eigenvalue weighted by Gasteiger charge is 2.34. The van der Waals surface area contributed by atoms with E-state index in [0.717, 1.165) is 19.2 Å². The Balaban J connectivity index is 1.78. The zero-order valence-corrected chi connectivity index (χ0v) is 20.5. The summed E-state index contributed by atoms with van der Waals surface area (Å²) >= 11 is 4.99. The Morgan fingerprint density at radius 3 is 2.50 bits per heavy atom. The maximum Gasteiger partial charge on any atom is 0.255 e. The standard InChI is InChI=1S/C22H20BrN3O4S2/c1-25(2)32(29,30)16-8-5-14(6-9-16)22(28)26-13-20(27)24-18-10-7-15(23)12-17(18)21(26)19-4-3-11-31-19/h3-12,21H,13H2,1-2H3,(H,24,27). The average Bonchev–Trinajstić information content (AvgIpc) is 3.24. The average molecular weight is 534 g/mol. The van der Waals surface area contributed by atoms with Gasteiger partial charge in [0.2, 0.25) is 15.9 Å². The first-order valence-electron chi connectivity index (χ1n) is 9.65. The third kappa shape index (κ3) is 4.23. The van der Waals surface area contributed by atoms with E-state index >= 15 is 0 Å². The number of carbonyl (C=O) groups is 2. The number of halogens is 1. The molecule has 1 aliphatic heterocycles. The normalized spacial score (nSPS) is 16.4. The molecule has 0 saturated carbocycles. The maximum absolute atomic E-state index is 13.6. The molecule has 166 valence electrons. The van der Waals surface area contributed by atoms with Crippen LogP contribution in [-0.4, -0.2) is 50.1 Å². The molecule has 2 aromatic carbocycles. The summed E-state index contributed by atoms with van der Waals surface area (Å²) < 4.78 is 26.7. The van der Waals surface area contributed by atoms with Crippen molar-refractivity contribution in [1.82, 2.24) is 9.21 Å². The number of anilines is 1. The second-order valence-corrected chi connectivity index (χ2v) is 11.5. The van der Waals surface area contributed by atoms with Crippen LogP contribution in [0, 0.1) is 0 Å². The fraction of sp³-hybridized carbons (Fsp3) is 0.182. The van der Waals surface area contributed by atoms with Crippen molar-refractivity contribution < 1.29 is 18.0 Å². The van der Waals surface area contributed by atoms with Crippen molar-refractivity contribution in [2.45, 2.75) is 10.9 Å². The lowest BCUT2D eigenvalue weighted by molar-refractivity contribution is -0.117. The molecule has 0 radical (unpaired) electrons. The number of benzene rings is 2. The van der Waals surface area contributed by atoms with Gasteiger partial charge in [0.15, 0.2) is 0 Å². The van der Waals surface area contributed by atoms with E-state index in [1.54, 1.807) is 0 Å². The predicted octanol–water partition coefficient (Wildman–Crippen LogP) is 3.94. The van der Waals surface area contributed by atoms with Crippen LogP contribution in [0.25, 0.3) is 0 Å². The Morgan fingerprint density at radius 2 is 1.88 bits per heavy atom. The number of hydrogen-bond donors (Lipinski definition) is 1. The molecule has 0 spiro atoms. The lowest BCUT2D eigenvalue weighted by Gasteiger charge is -2.29. The first-order chi connectivity index (χ1) is 15.2. The van der Waals surface area contributed by atoms with Crippen LogP contribution in [-0.2, 0) is 14.8 Å². The van der Waals surface area contributed by atoms with Crippen LogP contribution < -0.4 is 5.32 Å². The second kappa shape index (κ2) is 8.78. The third-order valence-electron chi connectivity index (χ3n) is 5.16. The number of hydrogen-bond acceptors (Lipinski definition) is 5. The van der Waals surface area contributed by atoms with Crippen molar-refractivity contribution in [2.24, 2.45) is 0 Å². The van der Waals surface area contributed by atoms with E-state index in [1.807, 2.05) is 35.7 Å². The van der Waals surface area contributed by atoms with Gasteiger partial charge in [0, 0.05) is 40.3 Å². The molecule has 1 aromatic heterocycles. The minimum Gasteiger partial charge on any atom is -0.324 e. The van der Waals surface area contributed by atoms with E-state index in [2.05, 4.69) is 21.2 Å². The summed E-state index contributed by atoms with van der Waals surface area (Å²) in [6, 6.07) is 14.7. The van der Waals surface area contributed by atoms with Gasteiger partial charge in [-0.1, -0.05) is 22.0 Å². The van der Waals surface area contributed by atoms with Crippen molar-refractivity contribution in [3.8, 4) is 0 Å². The molecule has 3 aromatic rings. The molecule has 7 nitrogen and oxygen atoms in total. The molecular formula is C22H20BrN3O4S2. The molecule has 1 aliphatic rings. The summed E-state index contributed by atoms with van der Waals surface area (Å²) in [5.41, 5.74) is 1.75. The van der Waals surface area contributed by atoms with Crippen LogP contribution in [0.2, 0.25) is 0 Å². The summed E-state index contributed by atoms with van der Waals surface area (Å²) in [6.45, 7) is -0.133. The van der Waals surface area contributed by atoms with Gasteiger partial charge in [-0.05, 0) is 53.9 Å². The van der Waals surface area contributed by atoms with E-state index in [1.165, 1.54) is 54.6 Å². The molecule has 0 bridgehead atoms. The van der Waals surface area contributed by atoms with Crippen LogP contribution in [0.15, 0.2) is 69.3 Å². The zero-order chi connectivity index (χ0) is 23.0. The molecule has 1 unspecified atom stereocenters. The first-order valence-corrected chi connectivity index (χ1v) is 12.8. The van der Waals surface area contributed by atoms with E-state index in [0.29, 0.717) is 11.3 Å². The highest BCUT2D eigenvalue weighted by Crippen LogP contribution is 2.39. The van der Waals surface area contributed by atoms with Gasteiger partial charge in [0.1, 0.15) is 6.54 Å². The minimum atomic E-state index is -3.61. The van der Waals surface area contributed by atoms with Crippen LogP contribution >= 0.6 is 27.3 Å². The number of rotatable bonds is 4. The lowest BCUT2D eigenvalue weighted by atomic mass is 10.0. The zero-order valence-electron chi connectivity index (χ0n) is 17.3. The Labute approximate surface area is 198 Å². The van der Waals surface area contributed by atoms with E-state index in [-0.39, 0.29) is 23.3 Å². The van der Waals surface area contributed by atoms with Crippen LogP contribution in [0.4, 0.5) is 5.69 Å². The maximum atomic E-state index is 13.6.